The van der Waals surface area contributed by atoms with E-state index in [9.17, 15) is 0 Å². The SMILES string of the molecule is Cc1cccc(C)c1N=C1C(=Nc2c(C)cccc2C)C2c3cc4ccccc4cc3C1c1cc3ccccc3cc12. The molecule has 3 aliphatic rings. The number of benzene rings is 6. The van der Waals surface area contributed by atoms with Crippen LogP contribution in [0.4, 0.5) is 11.4 Å². The van der Waals surface area contributed by atoms with E-state index >= 15 is 0 Å². The average molecular weight is 541 g/mol. The van der Waals surface area contributed by atoms with Crippen LogP contribution in [0.5, 0.6) is 0 Å². The molecule has 0 aromatic heterocycles. The molecular formula is C40H32N2. The number of rotatable bonds is 2. The lowest BCUT2D eigenvalue weighted by molar-refractivity contribution is 0.883. The fourth-order valence-electron chi connectivity index (χ4n) is 7.22. The summed E-state index contributed by atoms with van der Waals surface area (Å²) in [5.41, 5.74) is 14.4. The van der Waals surface area contributed by atoms with Crippen LogP contribution in [-0.4, -0.2) is 11.4 Å². The topological polar surface area (TPSA) is 24.7 Å². The first-order valence-electron chi connectivity index (χ1n) is 14.8. The molecule has 0 radical (unpaired) electrons. The Balaban J connectivity index is 1.52. The van der Waals surface area contributed by atoms with Gasteiger partial charge in [0.1, 0.15) is 0 Å². The first kappa shape index (κ1) is 24.9. The van der Waals surface area contributed by atoms with Crippen LogP contribution in [0.15, 0.2) is 119 Å². The predicted octanol–water partition coefficient (Wildman–Crippen LogP) is 10.4. The lowest BCUT2D eigenvalue weighted by Gasteiger charge is -2.43. The van der Waals surface area contributed by atoms with Crippen LogP contribution in [0.1, 0.15) is 56.3 Å². The van der Waals surface area contributed by atoms with Crippen molar-refractivity contribution in [2.75, 3.05) is 0 Å². The molecule has 2 heteroatoms. The van der Waals surface area contributed by atoms with Gasteiger partial charge in [-0.2, -0.15) is 0 Å². The minimum Gasteiger partial charge on any atom is -0.250 e. The van der Waals surface area contributed by atoms with Crippen LogP contribution in [0.25, 0.3) is 21.5 Å². The molecule has 2 nitrogen and oxygen atoms in total. The highest BCUT2D eigenvalue weighted by Crippen LogP contribution is 2.53. The van der Waals surface area contributed by atoms with E-state index in [4.69, 9.17) is 9.98 Å². The molecule has 0 aliphatic heterocycles. The third-order valence-electron chi connectivity index (χ3n) is 9.30. The van der Waals surface area contributed by atoms with Crippen LogP contribution in [0.2, 0.25) is 0 Å². The highest BCUT2D eigenvalue weighted by Gasteiger charge is 2.46. The van der Waals surface area contributed by atoms with Gasteiger partial charge in [-0.3, -0.25) is 0 Å². The summed E-state index contributed by atoms with van der Waals surface area (Å²) in [6.07, 6.45) is 0. The normalized spacial score (nSPS) is 19.0. The summed E-state index contributed by atoms with van der Waals surface area (Å²) in [5, 5.41) is 5.08. The van der Waals surface area contributed by atoms with Gasteiger partial charge in [-0.15, -0.1) is 0 Å². The van der Waals surface area contributed by atoms with Crippen LogP contribution in [-0.2, 0) is 0 Å². The van der Waals surface area contributed by atoms with E-state index in [0.717, 1.165) is 22.8 Å². The van der Waals surface area contributed by atoms with Gasteiger partial charge in [0.05, 0.1) is 34.6 Å². The second-order valence-electron chi connectivity index (χ2n) is 12.0. The molecule has 202 valence electrons. The molecule has 0 atom stereocenters. The van der Waals surface area contributed by atoms with Crippen LogP contribution >= 0.6 is 0 Å². The summed E-state index contributed by atoms with van der Waals surface area (Å²) in [4.78, 5) is 11.2. The molecule has 6 aromatic rings. The Morgan fingerprint density at radius 2 is 0.667 bits per heavy atom. The Morgan fingerprint density at radius 1 is 0.381 bits per heavy atom. The molecule has 0 heterocycles. The first-order chi connectivity index (χ1) is 20.5. The van der Waals surface area contributed by atoms with Crippen molar-refractivity contribution in [3.8, 4) is 0 Å². The molecule has 0 fully saturated rings. The summed E-state index contributed by atoms with van der Waals surface area (Å²) < 4.78 is 0. The lowest BCUT2D eigenvalue weighted by atomic mass is 9.61. The molecule has 0 saturated heterocycles. The Morgan fingerprint density at radius 3 is 0.952 bits per heavy atom. The molecule has 0 saturated carbocycles. The van der Waals surface area contributed by atoms with Crippen LogP contribution in [0, 0.1) is 27.7 Å². The number of hydrogen-bond acceptors (Lipinski definition) is 2. The second kappa shape index (κ2) is 9.36. The van der Waals surface area contributed by atoms with Gasteiger partial charge in [-0.25, -0.2) is 9.98 Å². The van der Waals surface area contributed by atoms with Gasteiger partial charge in [-0.1, -0.05) is 84.9 Å². The highest BCUT2D eigenvalue weighted by molar-refractivity contribution is 6.50. The zero-order valence-electron chi connectivity index (χ0n) is 24.4. The molecule has 6 aromatic carbocycles. The summed E-state index contributed by atoms with van der Waals surface area (Å²) >= 11 is 0. The second-order valence-corrected chi connectivity index (χ2v) is 12.0. The molecule has 9 rings (SSSR count). The van der Waals surface area contributed by atoms with E-state index < -0.39 is 0 Å². The third-order valence-corrected chi connectivity index (χ3v) is 9.30. The van der Waals surface area contributed by atoms with E-state index in [1.54, 1.807) is 0 Å². The number of nitrogens with zero attached hydrogens (tertiary/aromatic N) is 2. The van der Waals surface area contributed by atoms with E-state index in [2.05, 4.69) is 137 Å². The fourth-order valence-corrected chi connectivity index (χ4v) is 7.22. The van der Waals surface area contributed by atoms with Gasteiger partial charge < -0.3 is 0 Å². The van der Waals surface area contributed by atoms with E-state index in [0.29, 0.717) is 0 Å². The molecule has 42 heavy (non-hydrogen) atoms. The van der Waals surface area contributed by atoms with Gasteiger partial charge in [0.25, 0.3) is 0 Å². The molecule has 0 N–H and O–H groups in total. The maximum atomic E-state index is 5.58. The maximum Gasteiger partial charge on any atom is 0.0754 e. The Bertz CT molecular complexity index is 1870. The largest absolute Gasteiger partial charge is 0.250 e. The first-order valence-corrected chi connectivity index (χ1v) is 14.8. The zero-order valence-corrected chi connectivity index (χ0v) is 24.4. The summed E-state index contributed by atoms with van der Waals surface area (Å²) in [5.74, 6) is -0.00687. The van der Waals surface area contributed by atoms with E-state index in [1.807, 2.05) is 0 Å². The number of para-hydroxylation sites is 2. The molecule has 0 amide bonds. The van der Waals surface area contributed by atoms with Gasteiger partial charge >= 0.3 is 0 Å². The van der Waals surface area contributed by atoms with Gasteiger partial charge in [-0.05, 0) is 118 Å². The summed E-state index contributed by atoms with van der Waals surface area (Å²) in [6, 6.07) is 40.0. The Labute approximate surface area is 247 Å². The number of hydrogen-bond donors (Lipinski definition) is 0. The molecule has 0 spiro atoms. The van der Waals surface area contributed by atoms with Gasteiger partial charge in [0.2, 0.25) is 0 Å². The minimum absolute atomic E-state index is 0.00343. The molecule has 3 aliphatic carbocycles. The van der Waals surface area contributed by atoms with Crippen LogP contribution in [0.3, 0.4) is 0 Å². The average Bonchev–Trinajstić information content (AvgIpc) is 2.99. The van der Waals surface area contributed by atoms with Crippen molar-refractivity contribution in [1.29, 1.82) is 0 Å². The van der Waals surface area contributed by atoms with Crippen molar-refractivity contribution in [1.82, 2.24) is 0 Å². The smallest absolute Gasteiger partial charge is 0.0754 e. The minimum atomic E-state index is -0.00343. The Hall–Kier alpha value is -4.82. The number of aryl methyl sites for hydroxylation is 4. The van der Waals surface area contributed by atoms with Gasteiger partial charge in [0, 0.05) is 0 Å². The summed E-state index contributed by atoms with van der Waals surface area (Å²) in [6.45, 7) is 8.66. The molecule has 0 unspecified atom stereocenters. The molecular weight excluding hydrogens is 508 g/mol. The van der Waals surface area contributed by atoms with E-state index in [1.165, 1.54) is 66.1 Å². The third kappa shape index (κ3) is 3.72. The van der Waals surface area contributed by atoms with Crippen molar-refractivity contribution < 1.29 is 0 Å². The molecule has 2 bridgehead atoms. The summed E-state index contributed by atoms with van der Waals surface area (Å²) in [7, 11) is 0. The standard InChI is InChI=1S/C40H32N2/c1-23-11-9-12-24(2)37(23)41-39-35-31-19-27-15-5-7-17-29(27)21-33(31)36(40(39)42-38-25(3)13-10-14-26(38)4)34-22-30-18-8-6-16-28(30)20-32(34)35/h5-22,35-36H,1-4H3. The van der Waals surface area contributed by atoms with Gasteiger partial charge in [0.15, 0.2) is 0 Å². The monoisotopic (exact) mass is 540 g/mol. The van der Waals surface area contributed by atoms with Crippen LogP contribution < -0.4 is 0 Å². The quantitative estimate of drug-likeness (QED) is 0.209. The zero-order chi connectivity index (χ0) is 28.5. The maximum absolute atomic E-state index is 5.58. The van der Waals surface area contributed by atoms with Crippen molar-refractivity contribution in [3.05, 3.63) is 154 Å². The van der Waals surface area contributed by atoms with Crippen molar-refractivity contribution in [2.45, 2.75) is 39.5 Å². The van der Waals surface area contributed by atoms with Crippen molar-refractivity contribution >= 4 is 44.3 Å². The van der Waals surface area contributed by atoms with Crippen molar-refractivity contribution in [3.63, 3.8) is 0 Å². The number of aliphatic imine (C=N–C) groups is 2. The fraction of sp³-hybridized carbons (Fsp3) is 0.150. The van der Waals surface area contributed by atoms with E-state index in [-0.39, 0.29) is 11.8 Å². The predicted molar refractivity (Wildman–Crippen MR) is 178 cm³/mol. The van der Waals surface area contributed by atoms with Crippen molar-refractivity contribution in [2.24, 2.45) is 9.98 Å². The number of fused-ring (bicyclic) bond motifs is 3. The lowest BCUT2D eigenvalue weighted by Crippen LogP contribution is -2.41. The Kier molecular flexibility index (Phi) is 5.55. The highest BCUT2D eigenvalue weighted by atomic mass is 14.9.